The molecule has 1 aromatic carbocycles. The van der Waals surface area contributed by atoms with E-state index in [4.69, 9.17) is 9.15 Å². The normalized spacial score (nSPS) is 25.5. The van der Waals surface area contributed by atoms with Crippen LogP contribution in [0.15, 0.2) is 27.4 Å². The Morgan fingerprint density at radius 2 is 1.82 bits per heavy atom. The molecule has 1 N–H and O–H groups in total. The Hall–Kier alpha value is -1.65. The molecule has 4 nitrogen and oxygen atoms in total. The van der Waals surface area contributed by atoms with Crippen LogP contribution in [0.2, 0.25) is 0 Å². The van der Waals surface area contributed by atoms with E-state index >= 15 is 0 Å². The number of hydrogen-bond acceptors (Lipinski definition) is 3. The van der Waals surface area contributed by atoms with Crippen molar-refractivity contribution in [3.8, 4) is 0 Å². The van der Waals surface area contributed by atoms with Gasteiger partial charge in [-0.1, -0.05) is 6.07 Å². The molecule has 1 aliphatic rings. The number of aryl methyl sites for hydroxylation is 2. The lowest BCUT2D eigenvalue weighted by molar-refractivity contribution is -0.928. The number of morpholine rings is 1. The monoisotopic (exact) mass is 302 g/mol. The Bertz CT molecular complexity index is 740. The highest BCUT2D eigenvalue weighted by Gasteiger charge is 2.26. The standard InChI is InChI=1S/C18H23NO3/c1-11-5-12(2)18-16(6-11)15(7-17(20)22-18)10-19-8-13(3)21-14(4)9-19/h5-7,13-14H,8-10H2,1-4H3/p+1/t13-,14-/m0/s1. The molecule has 4 heteroatoms. The molecule has 22 heavy (non-hydrogen) atoms. The number of nitrogens with one attached hydrogen (secondary N) is 1. The molecule has 0 amide bonds. The summed E-state index contributed by atoms with van der Waals surface area (Å²) in [6.45, 7) is 11.1. The molecular formula is C18H24NO3+. The average molecular weight is 302 g/mol. The van der Waals surface area contributed by atoms with Gasteiger partial charge in [-0.3, -0.25) is 0 Å². The molecule has 0 saturated carbocycles. The van der Waals surface area contributed by atoms with Crippen molar-refractivity contribution in [3.05, 3.63) is 45.3 Å². The summed E-state index contributed by atoms with van der Waals surface area (Å²) < 4.78 is 11.2. The molecule has 2 heterocycles. The second kappa shape index (κ2) is 5.86. The van der Waals surface area contributed by atoms with Crippen molar-refractivity contribution in [2.45, 2.75) is 46.4 Å². The lowest BCUT2D eigenvalue weighted by atomic mass is 10.0. The van der Waals surface area contributed by atoms with E-state index in [9.17, 15) is 4.79 Å². The minimum absolute atomic E-state index is 0.258. The van der Waals surface area contributed by atoms with Gasteiger partial charge >= 0.3 is 5.63 Å². The zero-order chi connectivity index (χ0) is 15.9. The van der Waals surface area contributed by atoms with Crippen LogP contribution < -0.4 is 10.5 Å². The molecule has 1 fully saturated rings. The molecule has 0 unspecified atom stereocenters. The molecule has 3 rings (SSSR count). The summed E-state index contributed by atoms with van der Waals surface area (Å²) in [6.07, 6.45) is 0.516. The molecular weight excluding hydrogens is 278 g/mol. The Kier molecular flexibility index (Phi) is 4.06. The predicted octanol–water partition coefficient (Wildman–Crippen LogP) is 1.60. The van der Waals surface area contributed by atoms with Gasteiger partial charge in [-0.05, 0) is 44.9 Å². The van der Waals surface area contributed by atoms with E-state index in [-0.39, 0.29) is 17.8 Å². The average Bonchev–Trinajstić information content (AvgIpc) is 2.39. The SMILES string of the molecule is Cc1cc(C)c2oc(=O)cc(C[NH+]3C[C@H](C)O[C@@H](C)C3)c2c1. The van der Waals surface area contributed by atoms with Crippen molar-refractivity contribution in [1.82, 2.24) is 0 Å². The summed E-state index contributed by atoms with van der Waals surface area (Å²) in [5, 5.41) is 1.07. The van der Waals surface area contributed by atoms with Crippen molar-refractivity contribution in [2.24, 2.45) is 0 Å². The summed E-state index contributed by atoms with van der Waals surface area (Å²) in [5.74, 6) is 0. The fourth-order valence-electron chi connectivity index (χ4n) is 3.63. The summed E-state index contributed by atoms with van der Waals surface area (Å²) in [7, 11) is 0. The molecule has 1 aliphatic heterocycles. The third-order valence-corrected chi connectivity index (χ3v) is 4.32. The van der Waals surface area contributed by atoms with Crippen LogP contribution in [-0.4, -0.2) is 25.3 Å². The third-order valence-electron chi connectivity index (χ3n) is 4.32. The van der Waals surface area contributed by atoms with Gasteiger partial charge in [0.1, 0.15) is 37.4 Å². The van der Waals surface area contributed by atoms with E-state index in [0.29, 0.717) is 0 Å². The molecule has 118 valence electrons. The molecule has 0 spiro atoms. The van der Waals surface area contributed by atoms with Crippen LogP contribution in [0.3, 0.4) is 0 Å². The Balaban J connectivity index is 2.01. The Labute approximate surface area is 130 Å². The van der Waals surface area contributed by atoms with Crippen molar-refractivity contribution in [2.75, 3.05) is 13.1 Å². The zero-order valence-corrected chi connectivity index (χ0v) is 13.7. The Morgan fingerprint density at radius 1 is 1.14 bits per heavy atom. The molecule has 1 aromatic heterocycles. The third kappa shape index (κ3) is 3.08. The largest absolute Gasteiger partial charge is 0.422 e. The highest BCUT2D eigenvalue weighted by Crippen LogP contribution is 2.22. The second-order valence-electron chi connectivity index (χ2n) is 6.64. The van der Waals surface area contributed by atoms with E-state index in [1.165, 1.54) is 10.5 Å². The molecule has 0 bridgehead atoms. The molecule has 2 aromatic rings. The van der Waals surface area contributed by atoms with Crippen LogP contribution in [-0.2, 0) is 11.3 Å². The van der Waals surface area contributed by atoms with E-state index in [1.807, 2.05) is 6.92 Å². The van der Waals surface area contributed by atoms with Crippen molar-refractivity contribution in [3.63, 3.8) is 0 Å². The zero-order valence-electron chi connectivity index (χ0n) is 13.7. The van der Waals surface area contributed by atoms with E-state index in [0.717, 1.165) is 41.7 Å². The van der Waals surface area contributed by atoms with E-state index in [2.05, 4.69) is 32.9 Å². The second-order valence-corrected chi connectivity index (χ2v) is 6.64. The number of benzene rings is 1. The Morgan fingerprint density at radius 3 is 2.50 bits per heavy atom. The van der Waals surface area contributed by atoms with Gasteiger partial charge in [0.15, 0.2) is 0 Å². The number of hydrogen-bond donors (Lipinski definition) is 1. The van der Waals surface area contributed by atoms with Crippen LogP contribution in [0.25, 0.3) is 11.0 Å². The smallest absolute Gasteiger partial charge is 0.336 e. The minimum atomic E-state index is -0.261. The summed E-state index contributed by atoms with van der Waals surface area (Å²) in [6, 6.07) is 5.83. The van der Waals surface area contributed by atoms with E-state index in [1.54, 1.807) is 6.07 Å². The van der Waals surface area contributed by atoms with Crippen LogP contribution in [0.4, 0.5) is 0 Å². The number of fused-ring (bicyclic) bond motifs is 1. The molecule has 0 radical (unpaired) electrons. The van der Waals surface area contributed by atoms with Gasteiger partial charge in [0, 0.05) is 17.0 Å². The number of quaternary nitrogens is 1. The summed E-state index contributed by atoms with van der Waals surface area (Å²) in [5.41, 5.74) is 3.76. The lowest BCUT2D eigenvalue weighted by Crippen LogP contribution is -3.14. The first kappa shape index (κ1) is 15.3. The first-order chi connectivity index (χ1) is 10.4. The van der Waals surface area contributed by atoms with Gasteiger partial charge in [-0.15, -0.1) is 0 Å². The maximum absolute atomic E-state index is 11.9. The fourth-order valence-corrected chi connectivity index (χ4v) is 3.63. The van der Waals surface area contributed by atoms with Crippen LogP contribution in [0.5, 0.6) is 0 Å². The minimum Gasteiger partial charge on any atom is -0.422 e. The first-order valence-corrected chi connectivity index (χ1v) is 7.95. The van der Waals surface area contributed by atoms with Gasteiger partial charge in [0.05, 0.1) is 0 Å². The van der Waals surface area contributed by atoms with Gasteiger partial charge in [0.2, 0.25) is 0 Å². The van der Waals surface area contributed by atoms with Crippen molar-refractivity contribution < 1.29 is 14.1 Å². The summed E-state index contributed by atoms with van der Waals surface area (Å²) in [4.78, 5) is 13.4. The topological polar surface area (TPSA) is 43.9 Å². The lowest BCUT2D eigenvalue weighted by Gasteiger charge is -2.32. The highest BCUT2D eigenvalue weighted by molar-refractivity contribution is 5.83. The predicted molar refractivity (Wildman–Crippen MR) is 86.4 cm³/mol. The van der Waals surface area contributed by atoms with Crippen LogP contribution >= 0.6 is 0 Å². The molecule has 0 aliphatic carbocycles. The van der Waals surface area contributed by atoms with Crippen LogP contribution in [0.1, 0.15) is 30.5 Å². The van der Waals surface area contributed by atoms with Gasteiger partial charge in [-0.25, -0.2) is 4.79 Å². The van der Waals surface area contributed by atoms with E-state index < -0.39 is 0 Å². The van der Waals surface area contributed by atoms with Crippen molar-refractivity contribution in [1.29, 1.82) is 0 Å². The number of rotatable bonds is 2. The van der Waals surface area contributed by atoms with Gasteiger partial charge in [-0.2, -0.15) is 0 Å². The maximum atomic E-state index is 11.9. The summed E-state index contributed by atoms with van der Waals surface area (Å²) >= 11 is 0. The number of ether oxygens (including phenoxy) is 1. The highest BCUT2D eigenvalue weighted by atomic mass is 16.5. The van der Waals surface area contributed by atoms with Gasteiger partial charge in [0.25, 0.3) is 0 Å². The van der Waals surface area contributed by atoms with Crippen LogP contribution in [0, 0.1) is 13.8 Å². The molecule has 2 atom stereocenters. The maximum Gasteiger partial charge on any atom is 0.336 e. The quantitative estimate of drug-likeness (QED) is 0.857. The molecule has 1 saturated heterocycles. The first-order valence-electron chi connectivity index (χ1n) is 7.95. The fraction of sp³-hybridized carbons (Fsp3) is 0.500. The van der Waals surface area contributed by atoms with Crippen molar-refractivity contribution >= 4 is 11.0 Å². The van der Waals surface area contributed by atoms with Gasteiger partial charge < -0.3 is 14.1 Å².